The van der Waals surface area contributed by atoms with Crippen molar-refractivity contribution in [2.75, 3.05) is 14.2 Å². The highest BCUT2D eigenvalue weighted by Gasteiger charge is 2.11. The molecule has 0 atom stereocenters. The molecule has 0 unspecified atom stereocenters. The van der Waals surface area contributed by atoms with Gasteiger partial charge in [-0.05, 0) is 31.2 Å². The van der Waals surface area contributed by atoms with Crippen LogP contribution in [0.2, 0.25) is 0 Å². The van der Waals surface area contributed by atoms with Crippen LogP contribution in [0.5, 0.6) is 11.5 Å². The summed E-state index contributed by atoms with van der Waals surface area (Å²) in [5, 5.41) is 14.8. The minimum absolute atomic E-state index is 0.151. The van der Waals surface area contributed by atoms with Crippen molar-refractivity contribution in [2.24, 2.45) is 5.10 Å². The summed E-state index contributed by atoms with van der Waals surface area (Å²) < 4.78 is 10.4. The molecule has 0 saturated carbocycles. The molecule has 0 heterocycles. The molecule has 0 saturated heterocycles. The number of carbonyl (C=O) groups is 1. The Morgan fingerprint density at radius 1 is 1.08 bits per heavy atom. The molecule has 0 fully saturated rings. The van der Waals surface area contributed by atoms with Crippen molar-refractivity contribution in [3.05, 3.63) is 63.7 Å². The first-order valence-corrected chi connectivity index (χ1v) is 7.27. The average molecular weight is 343 g/mol. The average Bonchev–Trinajstić information content (AvgIpc) is 2.65. The van der Waals surface area contributed by atoms with Gasteiger partial charge in [-0.2, -0.15) is 5.10 Å². The number of benzene rings is 2. The Morgan fingerprint density at radius 2 is 1.80 bits per heavy atom. The number of nitrogens with one attached hydrogen (secondary N) is 1. The molecule has 0 radical (unpaired) electrons. The summed E-state index contributed by atoms with van der Waals surface area (Å²) in [7, 11) is 3.07. The Kier molecular flexibility index (Phi) is 5.67. The number of nitro benzene ring substituents is 1. The van der Waals surface area contributed by atoms with E-state index in [2.05, 4.69) is 10.5 Å². The van der Waals surface area contributed by atoms with Crippen molar-refractivity contribution in [1.82, 2.24) is 5.43 Å². The van der Waals surface area contributed by atoms with E-state index < -0.39 is 10.8 Å². The number of rotatable bonds is 6. The van der Waals surface area contributed by atoms with Crippen LogP contribution in [0.4, 0.5) is 5.69 Å². The smallest absolute Gasteiger partial charge is 0.271 e. The van der Waals surface area contributed by atoms with E-state index in [0.717, 1.165) is 5.56 Å². The summed E-state index contributed by atoms with van der Waals surface area (Å²) in [6.45, 7) is 1.72. The first-order chi connectivity index (χ1) is 12.0. The fourth-order valence-electron chi connectivity index (χ4n) is 2.09. The summed E-state index contributed by atoms with van der Waals surface area (Å²) in [6, 6.07) is 10.7. The van der Waals surface area contributed by atoms with Gasteiger partial charge in [0.25, 0.3) is 11.6 Å². The van der Waals surface area contributed by atoms with Crippen molar-refractivity contribution >= 4 is 17.3 Å². The summed E-state index contributed by atoms with van der Waals surface area (Å²) in [6.07, 6.45) is 0. The summed E-state index contributed by atoms with van der Waals surface area (Å²) in [4.78, 5) is 22.3. The number of methoxy groups -OCH3 is 2. The third-order valence-electron chi connectivity index (χ3n) is 3.45. The zero-order chi connectivity index (χ0) is 18.4. The first-order valence-electron chi connectivity index (χ1n) is 7.27. The van der Waals surface area contributed by atoms with Crippen LogP contribution in [0.1, 0.15) is 22.8 Å². The molecule has 0 aromatic heterocycles. The van der Waals surface area contributed by atoms with E-state index in [1.54, 1.807) is 25.1 Å². The minimum Gasteiger partial charge on any atom is -0.493 e. The number of hydrogen-bond acceptors (Lipinski definition) is 6. The van der Waals surface area contributed by atoms with Gasteiger partial charge >= 0.3 is 0 Å². The molecule has 0 bridgehead atoms. The van der Waals surface area contributed by atoms with Gasteiger partial charge in [-0.15, -0.1) is 0 Å². The third-order valence-corrected chi connectivity index (χ3v) is 3.45. The lowest BCUT2D eigenvalue weighted by Crippen LogP contribution is -2.19. The first kappa shape index (κ1) is 17.9. The number of nitro groups is 1. The summed E-state index contributed by atoms with van der Waals surface area (Å²) in [5.74, 6) is 0.586. The molecule has 25 heavy (non-hydrogen) atoms. The lowest BCUT2D eigenvalue weighted by molar-refractivity contribution is -0.384. The predicted molar refractivity (Wildman–Crippen MR) is 92.3 cm³/mol. The minimum atomic E-state index is -0.561. The molecule has 2 aromatic carbocycles. The Morgan fingerprint density at radius 3 is 2.44 bits per heavy atom. The maximum absolute atomic E-state index is 12.1. The maximum Gasteiger partial charge on any atom is 0.271 e. The van der Waals surface area contributed by atoms with Crippen molar-refractivity contribution in [1.29, 1.82) is 0 Å². The van der Waals surface area contributed by atoms with Crippen LogP contribution in [0, 0.1) is 10.1 Å². The maximum atomic E-state index is 12.1. The number of ether oxygens (including phenoxy) is 2. The largest absolute Gasteiger partial charge is 0.493 e. The molecule has 0 spiro atoms. The number of amides is 1. The monoisotopic (exact) mass is 343 g/mol. The molecule has 2 rings (SSSR count). The number of carbonyl (C=O) groups excluding carboxylic acids is 1. The molecular formula is C17H17N3O5. The van der Waals surface area contributed by atoms with Gasteiger partial charge in [0.1, 0.15) is 0 Å². The second-order valence-corrected chi connectivity index (χ2v) is 5.02. The van der Waals surface area contributed by atoms with Gasteiger partial charge in [0.2, 0.25) is 0 Å². The highest BCUT2D eigenvalue weighted by Crippen LogP contribution is 2.27. The Balaban J connectivity index is 2.16. The van der Waals surface area contributed by atoms with Gasteiger partial charge in [-0.3, -0.25) is 14.9 Å². The van der Waals surface area contributed by atoms with Gasteiger partial charge in [0.15, 0.2) is 11.5 Å². The standard InChI is InChI=1S/C17H17N3O5/c1-11(12-7-8-15(24-2)16(10-12)25-3)18-19-17(21)13-5-4-6-14(9-13)20(22)23/h4-10H,1-3H3,(H,19,21). The lowest BCUT2D eigenvalue weighted by Gasteiger charge is -2.09. The molecule has 1 amide bonds. The topological polar surface area (TPSA) is 103 Å². The molecule has 8 nitrogen and oxygen atoms in total. The van der Waals surface area contributed by atoms with Crippen molar-refractivity contribution in [3.8, 4) is 11.5 Å². The van der Waals surface area contributed by atoms with E-state index in [1.807, 2.05) is 0 Å². The van der Waals surface area contributed by atoms with Crippen molar-refractivity contribution in [2.45, 2.75) is 6.92 Å². The zero-order valence-corrected chi connectivity index (χ0v) is 14.0. The van der Waals surface area contributed by atoms with E-state index in [4.69, 9.17) is 9.47 Å². The molecule has 0 aliphatic carbocycles. The molecular weight excluding hydrogens is 326 g/mol. The van der Waals surface area contributed by atoms with Gasteiger partial charge in [0.05, 0.1) is 24.9 Å². The van der Waals surface area contributed by atoms with E-state index in [9.17, 15) is 14.9 Å². The van der Waals surface area contributed by atoms with Crippen molar-refractivity contribution in [3.63, 3.8) is 0 Å². The Hall–Kier alpha value is -3.42. The second kappa shape index (κ2) is 7.91. The Bertz CT molecular complexity index is 833. The number of hydrogen-bond donors (Lipinski definition) is 1. The van der Waals surface area contributed by atoms with Crippen LogP contribution >= 0.6 is 0 Å². The summed E-state index contributed by atoms with van der Waals surface area (Å²) >= 11 is 0. The van der Waals surface area contributed by atoms with Gasteiger partial charge < -0.3 is 9.47 Å². The highest BCUT2D eigenvalue weighted by molar-refractivity contribution is 6.01. The van der Waals surface area contributed by atoms with E-state index in [-0.39, 0.29) is 11.3 Å². The van der Waals surface area contributed by atoms with Crippen molar-refractivity contribution < 1.29 is 19.2 Å². The fourth-order valence-corrected chi connectivity index (χ4v) is 2.09. The SMILES string of the molecule is COc1ccc(C(C)=NNC(=O)c2cccc([N+](=O)[O-])c2)cc1OC. The van der Waals surface area contributed by atoms with E-state index in [0.29, 0.717) is 17.2 Å². The van der Waals surface area contributed by atoms with Crippen LogP contribution in [0.15, 0.2) is 47.6 Å². The highest BCUT2D eigenvalue weighted by atomic mass is 16.6. The second-order valence-electron chi connectivity index (χ2n) is 5.02. The number of non-ortho nitro benzene ring substituents is 1. The van der Waals surface area contributed by atoms with Crippen LogP contribution in [0.25, 0.3) is 0 Å². The fraction of sp³-hybridized carbons (Fsp3) is 0.176. The third kappa shape index (κ3) is 4.31. The normalized spacial score (nSPS) is 10.9. The number of nitrogens with zero attached hydrogens (tertiary/aromatic N) is 2. The molecule has 8 heteroatoms. The lowest BCUT2D eigenvalue weighted by atomic mass is 10.1. The Labute approximate surface area is 144 Å². The van der Waals surface area contributed by atoms with E-state index in [1.165, 1.54) is 38.5 Å². The quantitative estimate of drug-likeness (QED) is 0.493. The molecule has 0 aliphatic rings. The zero-order valence-electron chi connectivity index (χ0n) is 14.0. The van der Waals surface area contributed by atoms with E-state index >= 15 is 0 Å². The van der Waals surface area contributed by atoms with Gasteiger partial charge in [-0.1, -0.05) is 6.07 Å². The van der Waals surface area contributed by atoms with Crippen LogP contribution in [-0.4, -0.2) is 30.8 Å². The van der Waals surface area contributed by atoms with Crippen LogP contribution in [0.3, 0.4) is 0 Å². The molecule has 0 aliphatic heterocycles. The number of hydrazone groups is 1. The molecule has 2 aromatic rings. The van der Waals surface area contributed by atoms with Gasteiger partial charge in [-0.25, -0.2) is 5.43 Å². The van der Waals surface area contributed by atoms with Crippen LogP contribution < -0.4 is 14.9 Å². The molecule has 130 valence electrons. The van der Waals surface area contributed by atoms with Crippen LogP contribution in [-0.2, 0) is 0 Å². The molecule has 1 N–H and O–H groups in total. The predicted octanol–water partition coefficient (Wildman–Crippen LogP) is 2.77. The summed E-state index contributed by atoms with van der Waals surface area (Å²) in [5.41, 5.74) is 3.65. The van der Waals surface area contributed by atoms with Gasteiger partial charge in [0, 0.05) is 23.3 Å².